The van der Waals surface area contributed by atoms with Crippen LogP contribution in [0.25, 0.3) is 0 Å². The number of para-hydroxylation sites is 1. The fraction of sp³-hybridized carbons (Fsp3) is 0.500. The van der Waals surface area contributed by atoms with Gasteiger partial charge in [-0.2, -0.15) is 0 Å². The smallest absolute Gasteiger partial charge is 0.315 e. The summed E-state index contributed by atoms with van der Waals surface area (Å²) in [5.74, 6) is 0.780. The third-order valence-electron chi connectivity index (χ3n) is 2.66. The van der Waals surface area contributed by atoms with Gasteiger partial charge in [0, 0.05) is 12.0 Å². The number of nitrogens with zero attached hydrogens (tertiary/aromatic N) is 1. The van der Waals surface area contributed by atoms with Crippen LogP contribution in [0.4, 0.5) is 0 Å². The second kappa shape index (κ2) is 4.69. The van der Waals surface area contributed by atoms with Crippen LogP contribution in [0.5, 0.6) is 5.75 Å². The van der Waals surface area contributed by atoms with Crippen LogP contribution in [0.1, 0.15) is 13.8 Å². The van der Waals surface area contributed by atoms with Crippen molar-refractivity contribution in [2.75, 3.05) is 20.2 Å². The lowest BCUT2D eigenvalue weighted by molar-refractivity contribution is 0.103. The van der Waals surface area contributed by atoms with E-state index in [0.717, 1.165) is 12.3 Å². The molecular formula is C12H18NO2PS. The van der Waals surface area contributed by atoms with Crippen molar-refractivity contribution < 1.29 is 9.05 Å². The van der Waals surface area contributed by atoms with E-state index < -0.39 is 6.64 Å². The summed E-state index contributed by atoms with van der Waals surface area (Å²) in [6, 6.07) is 9.64. The SMILES string of the molecule is CN1CC(C)(C)COP1(=S)Oc1ccccc1. The Morgan fingerprint density at radius 3 is 2.59 bits per heavy atom. The van der Waals surface area contributed by atoms with Gasteiger partial charge in [-0.15, -0.1) is 0 Å². The zero-order valence-electron chi connectivity index (χ0n) is 10.4. The van der Waals surface area contributed by atoms with Gasteiger partial charge in [0.2, 0.25) is 0 Å². The summed E-state index contributed by atoms with van der Waals surface area (Å²) in [4.78, 5) is 0. The lowest BCUT2D eigenvalue weighted by Gasteiger charge is -2.42. The number of benzene rings is 1. The van der Waals surface area contributed by atoms with Gasteiger partial charge in [0.1, 0.15) is 5.75 Å². The van der Waals surface area contributed by atoms with Crippen LogP contribution >= 0.6 is 6.64 Å². The summed E-state index contributed by atoms with van der Waals surface area (Å²) < 4.78 is 13.7. The molecule has 0 amide bonds. The summed E-state index contributed by atoms with van der Waals surface area (Å²) in [5.41, 5.74) is 0.136. The molecule has 1 aromatic carbocycles. The normalized spacial score (nSPS) is 28.9. The Balaban J connectivity index is 2.13. The molecule has 0 radical (unpaired) electrons. The first kappa shape index (κ1) is 13.0. The molecule has 1 aliphatic rings. The maximum Gasteiger partial charge on any atom is 0.315 e. The Hall–Kier alpha value is -0.410. The fourth-order valence-corrected chi connectivity index (χ4v) is 4.25. The van der Waals surface area contributed by atoms with E-state index in [1.165, 1.54) is 0 Å². The van der Waals surface area contributed by atoms with Crippen molar-refractivity contribution in [3.05, 3.63) is 30.3 Å². The Labute approximate surface area is 108 Å². The van der Waals surface area contributed by atoms with Crippen molar-refractivity contribution in [1.82, 2.24) is 4.67 Å². The lowest BCUT2D eigenvalue weighted by atomic mass is 9.95. The first-order chi connectivity index (χ1) is 7.91. The minimum Gasteiger partial charge on any atom is -0.433 e. The van der Waals surface area contributed by atoms with Crippen LogP contribution in [0.2, 0.25) is 0 Å². The van der Waals surface area contributed by atoms with Gasteiger partial charge in [-0.1, -0.05) is 32.0 Å². The summed E-state index contributed by atoms with van der Waals surface area (Å²) in [6.07, 6.45) is 0. The molecular weight excluding hydrogens is 253 g/mol. The van der Waals surface area contributed by atoms with Gasteiger partial charge in [0.05, 0.1) is 6.61 Å². The monoisotopic (exact) mass is 271 g/mol. The highest BCUT2D eigenvalue weighted by molar-refractivity contribution is 8.08. The van der Waals surface area contributed by atoms with Crippen LogP contribution in [0, 0.1) is 5.41 Å². The highest BCUT2D eigenvalue weighted by Gasteiger charge is 2.38. The molecule has 94 valence electrons. The van der Waals surface area contributed by atoms with Gasteiger partial charge < -0.3 is 9.05 Å². The van der Waals surface area contributed by atoms with Crippen LogP contribution in [-0.2, 0) is 16.3 Å². The van der Waals surface area contributed by atoms with Crippen molar-refractivity contribution in [3.63, 3.8) is 0 Å². The minimum absolute atomic E-state index is 0.136. The summed E-state index contributed by atoms with van der Waals surface area (Å²) >= 11 is 5.55. The highest BCUT2D eigenvalue weighted by Crippen LogP contribution is 2.55. The lowest BCUT2D eigenvalue weighted by Crippen LogP contribution is -2.39. The van der Waals surface area contributed by atoms with Gasteiger partial charge >= 0.3 is 6.64 Å². The molecule has 5 heteroatoms. The predicted molar refractivity (Wildman–Crippen MR) is 73.7 cm³/mol. The third-order valence-corrected chi connectivity index (χ3v) is 5.91. The average Bonchev–Trinajstić information content (AvgIpc) is 2.26. The highest BCUT2D eigenvalue weighted by atomic mass is 32.5. The van der Waals surface area contributed by atoms with E-state index in [4.69, 9.17) is 20.9 Å². The topological polar surface area (TPSA) is 21.7 Å². The van der Waals surface area contributed by atoms with Crippen LogP contribution in [0.3, 0.4) is 0 Å². The molecule has 1 saturated heterocycles. The summed E-state index contributed by atoms with van der Waals surface area (Å²) in [7, 11) is 1.98. The minimum atomic E-state index is -2.34. The maximum absolute atomic E-state index is 5.88. The predicted octanol–water partition coefficient (Wildman–Crippen LogP) is 3.28. The quantitative estimate of drug-likeness (QED) is 0.769. The molecule has 1 heterocycles. The Kier molecular flexibility index (Phi) is 3.60. The van der Waals surface area contributed by atoms with E-state index in [0.29, 0.717) is 6.61 Å². The molecule has 1 unspecified atom stereocenters. The standard InChI is InChI=1S/C12H18NO2PS/c1-12(2)9-13(3)16(17,14-10-12)15-11-7-5-4-6-8-11/h4-8H,9-10H2,1-3H3. The van der Waals surface area contributed by atoms with Gasteiger partial charge in [-0.05, 0) is 31.0 Å². The molecule has 0 saturated carbocycles. The van der Waals surface area contributed by atoms with Crippen LogP contribution in [-0.4, -0.2) is 24.9 Å². The second-order valence-electron chi connectivity index (χ2n) is 5.13. The number of hydrogen-bond donors (Lipinski definition) is 0. The fourth-order valence-electron chi connectivity index (χ4n) is 1.82. The van der Waals surface area contributed by atoms with Gasteiger partial charge in [-0.3, -0.25) is 0 Å². The molecule has 2 rings (SSSR count). The Bertz CT molecular complexity index is 435. The zero-order valence-corrected chi connectivity index (χ0v) is 12.1. The average molecular weight is 271 g/mol. The van der Waals surface area contributed by atoms with Gasteiger partial charge in [0.25, 0.3) is 0 Å². The first-order valence-corrected chi connectivity index (χ1v) is 8.21. The molecule has 1 aliphatic heterocycles. The molecule has 3 nitrogen and oxygen atoms in total. The molecule has 1 fully saturated rings. The van der Waals surface area contributed by atoms with Crippen molar-refractivity contribution in [3.8, 4) is 5.75 Å². The summed E-state index contributed by atoms with van der Waals surface area (Å²) in [6.45, 7) is 3.56. The van der Waals surface area contributed by atoms with Crippen molar-refractivity contribution in [2.45, 2.75) is 13.8 Å². The first-order valence-electron chi connectivity index (χ1n) is 5.62. The van der Waals surface area contributed by atoms with Crippen LogP contribution < -0.4 is 4.52 Å². The van der Waals surface area contributed by atoms with E-state index >= 15 is 0 Å². The van der Waals surface area contributed by atoms with E-state index in [2.05, 4.69) is 13.8 Å². The van der Waals surface area contributed by atoms with Crippen LogP contribution in [0.15, 0.2) is 30.3 Å². The largest absolute Gasteiger partial charge is 0.433 e. The van der Waals surface area contributed by atoms with E-state index in [-0.39, 0.29) is 5.41 Å². The Morgan fingerprint density at radius 2 is 2.00 bits per heavy atom. The van der Waals surface area contributed by atoms with Gasteiger partial charge in [0.15, 0.2) is 0 Å². The van der Waals surface area contributed by atoms with Crippen molar-refractivity contribution in [1.29, 1.82) is 0 Å². The molecule has 1 atom stereocenters. The van der Waals surface area contributed by atoms with Gasteiger partial charge in [-0.25, -0.2) is 4.67 Å². The second-order valence-corrected chi connectivity index (χ2v) is 8.57. The van der Waals surface area contributed by atoms with Crippen molar-refractivity contribution in [2.24, 2.45) is 5.41 Å². The van der Waals surface area contributed by atoms with E-state index in [1.54, 1.807) is 0 Å². The molecule has 17 heavy (non-hydrogen) atoms. The Morgan fingerprint density at radius 1 is 1.35 bits per heavy atom. The molecule has 0 N–H and O–H groups in total. The molecule has 1 aromatic rings. The molecule has 0 spiro atoms. The van der Waals surface area contributed by atoms with E-state index in [1.807, 2.05) is 42.0 Å². The molecule has 0 aliphatic carbocycles. The summed E-state index contributed by atoms with van der Waals surface area (Å²) in [5, 5.41) is 0. The zero-order chi connectivity index (χ0) is 12.5. The molecule has 0 bridgehead atoms. The third kappa shape index (κ3) is 3.08. The maximum atomic E-state index is 5.88. The van der Waals surface area contributed by atoms with E-state index in [9.17, 15) is 0 Å². The van der Waals surface area contributed by atoms with Crippen molar-refractivity contribution >= 4 is 18.4 Å². The number of hydrogen-bond acceptors (Lipinski definition) is 3. The number of rotatable bonds is 2. The molecule has 0 aromatic heterocycles.